The van der Waals surface area contributed by atoms with E-state index in [1.165, 1.54) is 12.8 Å². The second kappa shape index (κ2) is 11.3. The van der Waals surface area contributed by atoms with E-state index in [1.807, 2.05) is 38.2 Å². The molecule has 1 aliphatic carbocycles. The van der Waals surface area contributed by atoms with Gasteiger partial charge in [-0.3, -0.25) is 24.2 Å². The number of hydrogen-bond donors (Lipinski definition) is 2. The van der Waals surface area contributed by atoms with E-state index in [2.05, 4.69) is 32.0 Å². The third-order valence-electron chi connectivity index (χ3n) is 8.18. The van der Waals surface area contributed by atoms with Gasteiger partial charge in [0.2, 0.25) is 0 Å². The molecule has 0 radical (unpaired) electrons. The van der Waals surface area contributed by atoms with E-state index in [0.29, 0.717) is 17.2 Å². The van der Waals surface area contributed by atoms with Crippen molar-refractivity contribution < 1.29 is 9.53 Å². The summed E-state index contributed by atoms with van der Waals surface area (Å²) < 4.78 is 7.55. The maximum atomic E-state index is 13.6. The normalized spacial score (nSPS) is 16.6. The van der Waals surface area contributed by atoms with Crippen LogP contribution in [0.4, 0.5) is 0 Å². The summed E-state index contributed by atoms with van der Waals surface area (Å²) in [7, 11) is 0. The Balaban J connectivity index is 1.32. The average Bonchev–Trinajstić information content (AvgIpc) is 3.63. The minimum Gasteiger partial charge on any atom is -0.379 e. The standard InChI is InChI=1S/C31H36N6O3/c1-20-13-21(2)35-31(39)26(20)17-33-30(38)25-14-23(15-29-27(25)18-34-37(29)24-5-3-4-6-24)28-8-7-22(16-32-28)19-36-9-11-40-12-10-36/h7-8,13-16,18,24H,3-6,9-12,17,19H2,1-2H3,(H,33,38)(H,35,39). The lowest BCUT2D eigenvalue weighted by atomic mass is 10.0. The second-order valence-corrected chi connectivity index (χ2v) is 11.0. The van der Waals surface area contributed by atoms with Crippen LogP contribution in [0.1, 0.15) is 64.5 Å². The summed E-state index contributed by atoms with van der Waals surface area (Å²) in [5, 5.41) is 8.54. The van der Waals surface area contributed by atoms with Crippen molar-refractivity contribution in [3.05, 3.63) is 81.0 Å². The Morgan fingerprint density at radius 3 is 2.62 bits per heavy atom. The third-order valence-corrected chi connectivity index (χ3v) is 8.18. The minimum atomic E-state index is -0.235. The summed E-state index contributed by atoms with van der Waals surface area (Å²) in [4.78, 5) is 36.1. The van der Waals surface area contributed by atoms with Gasteiger partial charge in [0.05, 0.1) is 42.2 Å². The summed E-state index contributed by atoms with van der Waals surface area (Å²) in [5.41, 5.74) is 6.37. The quantitative estimate of drug-likeness (QED) is 0.363. The molecule has 3 aromatic heterocycles. The van der Waals surface area contributed by atoms with Gasteiger partial charge in [-0.15, -0.1) is 0 Å². The van der Waals surface area contributed by atoms with E-state index in [0.717, 1.165) is 84.7 Å². The fourth-order valence-electron chi connectivity index (χ4n) is 5.99. The molecule has 1 amide bonds. The fourth-order valence-corrected chi connectivity index (χ4v) is 5.99. The molecule has 208 valence electrons. The fraction of sp³-hybridized carbons (Fsp3) is 0.419. The van der Waals surface area contributed by atoms with Gasteiger partial charge < -0.3 is 15.0 Å². The molecule has 9 heteroatoms. The highest BCUT2D eigenvalue weighted by atomic mass is 16.5. The van der Waals surface area contributed by atoms with E-state index >= 15 is 0 Å². The highest BCUT2D eigenvalue weighted by Crippen LogP contribution is 2.34. The van der Waals surface area contributed by atoms with Crippen molar-refractivity contribution in [3.63, 3.8) is 0 Å². The highest BCUT2D eigenvalue weighted by Gasteiger charge is 2.23. The van der Waals surface area contributed by atoms with Crippen LogP contribution in [-0.4, -0.2) is 56.9 Å². The number of benzene rings is 1. The summed E-state index contributed by atoms with van der Waals surface area (Å²) in [5.74, 6) is -0.235. The van der Waals surface area contributed by atoms with Crippen LogP contribution in [0.2, 0.25) is 0 Å². The zero-order valence-electron chi connectivity index (χ0n) is 23.2. The molecular formula is C31H36N6O3. The Labute approximate surface area is 233 Å². The van der Waals surface area contributed by atoms with Crippen LogP contribution in [0.3, 0.4) is 0 Å². The van der Waals surface area contributed by atoms with Crippen molar-refractivity contribution in [1.29, 1.82) is 0 Å². The van der Waals surface area contributed by atoms with Crippen LogP contribution in [-0.2, 0) is 17.8 Å². The molecule has 0 spiro atoms. The average molecular weight is 541 g/mol. The van der Waals surface area contributed by atoms with Crippen LogP contribution >= 0.6 is 0 Å². The molecular weight excluding hydrogens is 504 g/mol. The van der Waals surface area contributed by atoms with Crippen molar-refractivity contribution in [2.24, 2.45) is 0 Å². The molecule has 1 saturated carbocycles. The number of amides is 1. The van der Waals surface area contributed by atoms with E-state index in [9.17, 15) is 9.59 Å². The number of carbonyl (C=O) groups is 1. The van der Waals surface area contributed by atoms with Crippen molar-refractivity contribution in [1.82, 2.24) is 30.0 Å². The van der Waals surface area contributed by atoms with Gasteiger partial charge in [-0.1, -0.05) is 18.9 Å². The van der Waals surface area contributed by atoms with Gasteiger partial charge in [-0.05, 0) is 62.1 Å². The number of H-pyrrole nitrogens is 1. The first-order valence-corrected chi connectivity index (χ1v) is 14.2. The molecule has 4 aromatic rings. The SMILES string of the molecule is Cc1cc(C)c(CNC(=O)c2cc(-c3ccc(CN4CCOCC4)cn3)cc3c2cnn3C2CCCC2)c(=O)[nH]1. The lowest BCUT2D eigenvalue weighted by Gasteiger charge is -2.26. The number of aryl methyl sites for hydroxylation is 2. The molecule has 2 fully saturated rings. The van der Waals surface area contributed by atoms with Crippen molar-refractivity contribution in [2.45, 2.75) is 58.7 Å². The third kappa shape index (κ3) is 5.44. The van der Waals surface area contributed by atoms with E-state index < -0.39 is 0 Å². The molecule has 1 saturated heterocycles. The number of rotatable bonds is 7. The van der Waals surface area contributed by atoms with E-state index in [4.69, 9.17) is 14.8 Å². The van der Waals surface area contributed by atoms with Gasteiger partial charge in [0.15, 0.2) is 0 Å². The Hall–Kier alpha value is -3.82. The molecule has 1 aliphatic heterocycles. The van der Waals surface area contributed by atoms with Gasteiger partial charge in [0.1, 0.15) is 0 Å². The van der Waals surface area contributed by atoms with Crippen LogP contribution in [0.5, 0.6) is 0 Å². The first-order valence-electron chi connectivity index (χ1n) is 14.2. The van der Waals surface area contributed by atoms with Crippen LogP contribution in [0, 0.1) is 13.8 Å². The molecule has 9 nitrogen and oxygen atoms in total. The Bertz CT molecular complexity index is 1580. The summed E-state index contributed by atoms with van der Waals surface area (Å²) >= 11 is 0. The number of fused-ring (bicyclic) bond motifs is 1. The van der Waals surface area contributed by atoms with E-state index in [1.54, 1.807) is 6.20 Å². The van der Waals surface area contributed by atoms with Gasteiger partial charge in [0, 0.05) is 54.6 Å². The molecule has 6 rings (SSSR count). The monoisotopic (exact) mass is 540 g/mol. The molecule has 0 bridgehead atoms. The largest absolute Gasteiger partial charge is 0.379 e. The predicted molar refractivity (Wildman–Crippen MR) is 154 cm³/mol. The molecule has 2 N–H and O–H groups in total. The van der Waals surface area contributed by atoms with Crippen molar-refractivity contribution in [3.8, 4) is 11.3 Å². The maximum absolute atomic E-state index is 13.6. The summed E-state index contributed by atoms with van der Waals surface area (Å²) in [6, 6.07) is 10.4. The molecule has 2 aliphatic rings. The molecule has 4 heterocycles. The first-order chi connectivity index (χ1) is 19.5. The summed E-state index contributed by atoms with van der Waals surface area (Å²) in [6.45, 7) is 8.12. The summed E-state index contributed by atoms with van der Waals surface area (Å²) in [6.07, 6.45) is 8.29. The van der Waals surface area contributed by atoms with E-state index in [-0.39, 0.29) is 18.0 Å². The topological polar surface area (TPSA) is 105 Å². The Kier molecular flexibility index (Phi) is 7.49. The number of morpholine rings is 1. The van der Waals surface area contributed by atoms with Gasteiger partial charge >= 0.3 is 0 Å². The Morgan fingerprint density at radius 2 is 1.90 bits per heavy atom. The number of nitrogens with zero attached hydrogens (tertiary/aromatic N) is 4. The van der Waals surface area contributed by atoms with Crippen LogP contribution < -0.4 is 10.9 Å². The minimum absolute atomic E-state index is 0.150. The predicted octanol–water partition coefficient (Wildman–Crippen LogP) is 4.28. The number of aromatic amines is 1. The number of nitrogens with one attached hydrogen (secondary N) is 2. The molecule has 40 heavy (non-hydrogen) atoms. The number of pyridine rings is 2. The lowest BCUT2D eigenvalue weighted by molar-refractivity contribution is 0.0341. The number of hydrogen-bond acceptors (Lipinski definition) is 6. The zero-order chi connectivity index (χ0) is 27.6. The molecule has 0 unspecified atom stereocenters. The second-order valence-electron chi connectivity index (χ2n) is 11.0. The smallest absolute Gasteiger partial charge is 0.253 e. The van der Waals surface area contributed by atoms with Gasteiger partial charge in [-0.25, -0.2) is 0 Å². The van der Waals surface area contributed by atoms with Crippen LogP contribution in [0.25, 0.3) is 22.2 Å². The number of ether oxygens (including phenoxy) is 1. The highest BCUT2D eigenvalue weighted by molar-refractivity contribution is 6.07. The molecule has 1 aromatic carbocycles. The number of carbonyl (C=O) groups excluding carboxylic acids is 1. The van der Waals surface area contributed by atoms with Crippen LogP contribution in [0.15, 0.2) is 47.5 Å². The Morgan fingerprint density at radius 1 is 1.10 bits per heavy atom. The zero-order valence-corrected chi connectivity index (χ0v) is 23.2. The van der Waals surface area contributed by atoms with Crippen molar-refractivity contribution >= 4 is 16.8 Å². The maximum Gasteiger partial charge on any atom is 0.253 e. The number of aromatic nitrogens is 4. The van der Waals surface area contributed by atoms with Gasteiger partial charge in [-0.2, -0.15) is 5.10 Å². The van der Waals surface area contributed by atoms with Crippen molar-refractivity contribution in [2.75, 3.05) is 26.3 Å². The first kappa shape index (κ1) is 26.4. The lowest BCUT2D eigenvalue weighted by Crippen LogP contribution is -2.35. The van der Waals surface area contributed by atoms with Gasteiger partial charge in [0.25, 0.3) is 11.5 Å². The molecule has 0 atom stereocenters.